The van der Waals surface area contributed by atoms with Crippen molar-refractivity contribution in [2.75, 3.05) is 7.11 Å². The van der Waals surface area contributed by atoms with Gasteiger partial charge in [0.25, 0.3) is 0 Å². The lowest BCUT2D eigenvalue weighted by molar-refractivity contribution is -0.158. The van der Waals surface area contributed by atoms with Gasteiger partial charge in [0.2, 0.25) is 0 Å². The van der Waals surface area contributed by atoms with Crippen molar-refractivity contribution in [3.05, 3.63) is 34.5 Å². The summed E-state index contributed by atoms with van der Waals surface area (Å²) >= 11 is 6.22. The molecule has 0 amide bonds. The van der Waals surface area contributed by atoms with Crippen LogP contribution in [0.3, 0.4) is 0 Å². The third-order valence-electron chi connectivity index (χ3n) is 3.56. The molecule has 23 heavy (non-hydrogen) atoms. The summed E-state index contributed by atoms with van der Waals surface area (Å²) in [6, 6.07) is 4.57. The maximum absolute atomic E-state index is 13.3. The number of alkyl halides is 2. The van der Waals surface area contributed by atoms with Gasteiger partial charge in [0, 0.05) is 25.5 Å². The highest BCUT2D eigenvalue weighted by Crippen LogP contribution is 2.46. The zero-order chi connectivity index (χ0) is 16.6. The van der Waals surface area contributed by atoms with E-state index in [1.165, 1.54) is 6.07 Å². The third kappa shape index (κ3) is 3.48. The van der Waals surface area contributed by atoms with Crippen molar-refractivity contribution in [3.8, 4) is 17.0 Å². The standard InChI is InChI=1S/C16H16ClF2NO3/c1-16(18,19)22-12-5-3-4-11(17)13(12)14-10(8-21-2)15(23-20-14)9-6-7-9/h3-5,9H,6-8H2,1-2H3. The Labute approximate surface area is 137 Å². The second-order valence-electron chi connectivity index (χ2n) is 5.60. The Bertz CT molecular complexity index is 708. The lowest BCUT2D eigenvalue weighted by atomic mass is 10.0. The molecule has 0 radical (unpaired) electrons. The van der Waals surface area contributed by atoms with Crippen molar-refractivity contribution in [2.24, 2.45) is 0 Å². The number of rotatable bonds is 6. The first-order valence-corrected chi connectivity index (χ1v) is 7.61. The summed E-state index contributed by atoms with van der Waals surface area (Å²) < 4.78 is 42.0. The lowest BCUT2D eigenvalue weighted by Gasteiger charge is -2.16. The van der Waals surface area contributed by atoms with Crippen molar-refractivity contribution in [1.82, 2.24) is 5.16 Å². The summed E-state index contributed by atoms with van der Waals surface area (Å²) in [5.74, 6) is 0.995. The van der Waals surface area contributed by atoms with Crippen LogP contribution < -0.4 is 4.74 Å². The van der Waals surface area contributed by atoms with Gasteiger partial charge in [-0.05, 0) is 25.0 Å². The molecule has 124 valence electrons. The third-order valence-corrected chi connectivity index (χ3v) is 3.87. The van der Waals surface area contributed by atoms with E-state index < -0.39 is 6.11 Å². The summed E-state index contributed by atoms with van der Waals surface area (Å²) in [6.45, 7) is 0.935. The first-order chi connectivity index (χ1) is 10.9. The van der Waals surface area contributed by atoms with E-state index >= 15 is 0 Å². The zero-order valence-electron chi connectivity index (χ0n) is 12.7. The van der Waals surface area contributed by atoms with Gasteiger partial charge in [-0.3, -0.25) is 0 Å². The monoisotopic (exact) mass is 343 g/mol. The van der Waals surface area contributed by atoms with Crippen LogP contribution in [0.25, 0.3) is 11.3 Å². The fraction of sp³-hybridized carbons (Fsp3) is 0.438. The molecule has 0 N–H and O–H groups in total. The highest BCUT2D eigenvalue weighted by molar-refractivity contribution is 6.33. The molecule has 1 aromatic heterocycles. The van der Waals surface area contributed by atoms with Crippen LogP contribution in [-0.4, -0.2) is 18.4 Å². The van der Waals surface area contributed by atoms with Gasteiger partial charge in [-0.1, -0.05) is 22.8 Å². The van der Waals surface area contributed by atoms with Crippen molar-refractivity contribution in [3.63, 3.8) is 0 Å². The summed E-state index contributed by atoms with van der Waals surface area (Å²) in [6.07, 6.45) is -1.29. The molecule has 3 rings (SSSR count). The minimum absolute atomic E-state index is 0.0435. The zero-order valence-corrected chi connectivity index (χ0v) is 13.5. The first-order valence-electron chi connectivity index (χ1n) is 7.24. The normalized spacial score (nSPS) is 15.0. The molecular weight excluding hydrogens is 328 g/mol. The Morgan fingerprint density at radius 2 is 2.13 bits per heavy atom. The molecule has 4 nitrogen and oxygen atoms in total. The molecule has 0 bridgehead atoms. The van der Waals surface area contributed by atoms with Gasteiger partial charge >= 0.3 is 6.11 Å². The number of hydrogen-bond acceptors (Lipinski definition) is 4. The predicted molar refractivity (Wildman–Crippen MR) is 80.9 cm³/mol. The van der Waals surface area contributed by atoms with E-state index in [1.807, 2.05) is 0 Å². The van der Waals surface area contributed by atoms with E-state index in [9.17, 15) is 8.78 Å². The van der Waals surface area contributed by atoms with Gasteiger partial charge in [0.1, 0.15) is 17.2 Å². The molecule has 0 saturated heterocycles. The molecule has 1 heterocycles. The Morgan fingerprint density at radius 3 is 2.74 bits per heavy atom. The van der Waals surface area contributed by atoms with Gasteiger partial charge in [-0.25, -0.2) is 0 Å². The molecular formula is C16H16ClF2NO3. The number of benzene rings is 1. The topological polar surface area (TPSA) is 44.5 Å². The van der Waals surface area contributed by atoms with Crippen LogP contribution in [0.5, 0.6) is 5.75 Å². The van der Waals surface area contributed by atoms with Crippen LogP contribution in [0, 0.1) is 0 Å². The van der Waals surface area contributed by atoms with Gasteiger partial charge in [-0.15, -0.1) is 0 Å². The molecule has 1 saturated carbocycles. The number of aromatic nitrogens is 1. The average Bonchev–Trinajstić information content (AvgIpc) is 3.21. The largest absolute Gasteiger partial charge is 0.432 e. The van der Waals surface area contributed by atoms with Crippen LogP contribution in [0.4, 0.5) is 8.78 Å². The van der Waals surface area contributed by atoms with Crippen LogP contribution in [0.15, 0.2) is 22.7 Å². The fourth-order valence-electron chi connectivity index (χ4n) is 2.48. The molecule has 1 aliphatic carbocycles. The number of hydrogen-bond donors (Lipinski definition) is 0. The van der Waals surface area contributed by atoms with Crippen molar-refractivity contribution in [2.45, 2.75) is 38.4 Å². The van der Waals surface area contributed by atoms with Crippen LogP contribution >= 0.6 is 11.6 Å². The number of methoxy groups -OCH3 is 1. The molecule has 1 aromatic carbocycles. The lowest BCUT2D eigenvalue weighted by Crippen LogP contribution is -2.19. The van der Waals surface area contributed by atoms with Gasteiger partial charge in [0.05, 0.1) is 17.2 Å². The minimum atomic E-state index is -3.33. The molecule has 1 aliphatic rings. The van der Waals surface area contributed by atoms with Crippen molar-refractivity contribution < 1.29 is 22.8 Å². The molecule has 0 unspecified atom stereocenters. The van der Waals surface area contributed by atoms with Gasteiger partial charge in [-0.2, -0.15) is 8.78 Å². The number of halogens is 3. The van der Waals surface area contributed by atoms with E-state index in [0.29, 0.717) is 24.1 Å². The van der Waals surface area contributed by atoms with Gasteiger partial charge in [0.15, 0.2) is 0 Å². The predicted octanol–water partition coefficient (Wildman–Crippen LogP) is 5.01. The smallest absolute Gasteiger partial charge is 0.394 e. The Kier molecular flexibility index (Phi) is 4.29. The molecule has 0 atom stereocenters. The second-order valence-corrected chi connectivity index (χ2v) is 6.01. The summed E-state index contributed by atoms with van der Waals surface area (Å²) in [7, 11) is 1.55. The SMILES string of the molecule is COCc1c(-c2c(Cl)cccc2OC(C)(F)F)noc1C1CC1. The van der Waals surface area contributed by atoms with E-state index in [2.05, 4.69) is 5.16 Å². The maximum atomic E-state index is 13.3. The van der Waals surface area contributed by atoms with Gasteiger partial charge < -0.3 is 14.0 Å². The van der Waals surface area contributed by atoms with Crippen molar-refractivity contribution >= 4 is 11.6 Å². The number of ether oxygens (including phenoxy) is 2. The van der Waals surface area contributed by atoms with E-state index in [1.54, 1.807) is 19.2 Å². The second kappa shape index (κ2) is 6.09. The minimum Gasteiger partial charge on any atom is -0.432 e. The Hall–Kier alpha value is -1.66. The van der Waals surface area contributed by atoms with E-state index in [0.717, 1.165) is 24.2 Å². The van der Waals surface area contributed by atoms with E-state index in [-0.39, 0.29) is 17.4 Å². The summed E-state index contributed by atoms with van der Waals surface area (Å²) in [5.41, 5.74) is 1.41. The van der Waals surface area contributed by atoms with E-state index in [4.69, 9.17) is 25.6 Å². The molecule has 1 fully saturated rings. The quantitative estimate of drug-likeness (QED) is 0.739. The fourth-order valence-corrected chi connectivity index (χ4v) is 2.74. The summed E-state index contributed by atoms with van der Waals surface area (Å²) in [4.78, 5) is 0. The molecule has 0 aliphatic heterocycles. The average molecular weight is 344 g/mol. The molecule has 0 spiro atoms. The molecule has 2 aromatic rings. The van der Waals surface area contributed by atoms with Crippen molar-refractivity contribution in [1.29, 1.82) is 0 Å². The Morgan fingerprint density at radius 1 is 1.39 bits per heavy atom. The van der Waals surface area contributed by atoms with Crippen LogP contribution in [0.2, 0.25) is 5.02 Å². The highest BCUT2D eigenvalue weighted by atomic mass is 35.5. The first kappa shape index (κ1) is 16.2. The number of nitrogens with zero attached hydrogens (tertiary/aromatic N) is 1. The summed E-state index contributed by atoms with van der Waals surface area (Å²) in [5, 5.41) is 4.32. The maximum Gasteiger partial charge on any atom is 0.394 e. The van der Waals surface area contributed by atoms with Crippen LogP contribution in [0.1, 0.15) is 37.0 Å². The van der Waals surface area contributed by atoms with Crippen LogP contribution in [-0.2, 0) is 11.3 Å². The molecule has 7 heteroatoms. The highest BCUT2D eigenvalue weighted by Gasteiger charge is 2.34. The Balaban J connectivity index is 2.11.